The van der Waals surface area contributed by atoms with Gasteiger partial charge >= 0.3 is 5.69 Å². The molecular weight excluding hydrogens is 439 g/mol. The Balaban J connectivity index is 2.09. The molecule has 8 nitrogen and oxygen atoms in total. The van der Waals surface area contributed by atoms with E-state index >= 15 is 0 Å². The quantitative estimate of drug-likeness (QED) is 0.457. The number of imidazole rings is 1. The molecule has 0 aliphatic carbocycles. The molecule has 0 bridgehead atoms. The van der Waals surface area contributed by atoms with Crippen molar-refractivity contribution in [2.45, 2.75) is 26.9 Å². The van der Waals surface area contributed by atoms with E-state index in [2.05, 4.69) is 4.98 Å². The number of halogens is 2. The van der Waals surface area contributed by atoms with E-state index in [0.29, 0.717) is 39.1 Å². The first kappa shape index (κ1) is 21.4. The van der Waals surface area contributed by atoms with Gasteiger partial charge in [0.25, 0.3) is 5.56 Å². The van der Waals surface area contributed by atoms with Crippen molar-refractivity contribution in [1.82, 2.24) is 28.5 Å². The molecule has 1 aromatic carbocycles. The Morgan fingerprint density at radius 2 is 1.87 bits per heavy atom. The second-order valence-corrected chi connectivity index (χ2v) is 8.72. The van der Waals surface area contributed by atoms with Crippen LogP contribution >= 0.6 is 23.2 Å². The van der Waals surface area contributed by atoms with E-state index in [0.717, 1.165) is 10.1 Å². The van der Waals surface area contributed by atoms with Gasteiger partial charge in [0.15, 0.2) is 11.5 Å². The Labute approximate surface area is 188 Å². The molecule has 0 amide bonds. The number of hydrogen-bond donors (Lipinski definition) is 0. The highest BCUT2D eigenvalue weighted by Crippen LogP contribution is 2.29. The molecule has 0 saturated heterocycles. The molecule has 0 unspecified atom stereocenters. The van der Waals surface area contributed by atoms with Crippen LogP contribution in [0.1, 0.15) is 19.4 Å². The van der Waals surface area contributed by atoms with Crippen molar-refractivity contribution in [3.05, 3.63) is 67.0 Å². The molecule has 0 fully saturated rings. The van der Waals surface area contributed by atoms with Gasteiger partial charge in [0.2, 0.25) is 0 Å². The van der Waals surface area contributed by atoms with Crippen molar-refractivity contribution < 1.29 is 0 Å². The molecule has 4 aromatic rings. The predicted octanol–water partition coefficient (Wildman–Crippen LogP) is 3.31. The summed E-state index contributed by atoms with van der Waals surface area (Å²) in [5.41, 5.74) is 0.783. The lowest BCUT2D eigenvalue weighted by Gasteiger charge is -2.11. The van der Waals surface area contributed by atoms with E-state index in [-0.39, 0.29) is 12.5 Å². The van der Waals surface area contributed by atoms with E-state index in [1.807, 2.05) is 31.5 Å². The summed E-state index contributed by atoms with van der Waals surface area (Å²) >= 11 is 12.6. The summed E-state index contributed by atoms with van der Waals surface area (Å²) in [6, 6.07) is 5.37. The predicted molar refractivity (Wildman–Crippen MR) is 122 cm³/mol. The molecule has 162 valence electrons. The molecule has 0 aliphatic rings. The van der Waals surface area contributed by atoms with Gasteiger partial charge in [-0.25, -0.2) is 9.78 Å². The minimum Gasteiger partial charge on any atom is -0.333 e. The fraction of sp³-hybridized carbons (Fsp3) is 0.333. The van der Waals surface area contributed by atoms with Gasteiger partial charge in [0.1, 0.15) is 11.1 Å². The molecule has 0 spiro atoms. The maximum absolute atomic E-state index is 13.2. The average molecular weight is 461 g/mol. The zero-order chi connectivity index (χ0) is 22.4. The molecule has 31 heavy (non-hydrogen) atoms. The number of nitrogens with zero attached hydrogens (tertiary/aromatic N) is 6. The second kappa shape index (κ2) is 8.01. The molecule has 0 radical (unpaired) electrons. The van der Waals surface area contributed by atoms with Crippen LogP contribution in [0, 0.1) is 5.92 Å². The van der Waals surface area contributed by atoms with Gasteiger partial charge in [-0.2, -0.15) is 5.10 Å². The van der Waals surface area contributed by atoms with Crippen LogP contribution in [0.25, 0.3) is 22.6 Å². The molecular formula is C21H22Cl2N6O2. The Kier molecular flexibility index (Phi) is 5.53. The molecule has 0 atom stereocenters. The number of rotatable bonds is 5. The zero-order valence-electron chi connectivity index (χ0n) is 17.6. The van der Waals surface area contributed by atoms with Crippen molar-refractivity contribution in [3.63, 3.8) is 0 Å². The largest absolute Gasteiger partial charge is 0.333 e. The third-order valence-corrected chi connectivity index (χ3v) is 6.02. The van der Waals surface area contributed by atoms with Crippen LogP contribution < -0.4 is 11.2 Å². The summed E-state index contributed by atoms with van der Waals surface area (Å²) in [5.74, 6) is 0.745. The number of aromatic nitrogens is 6. The van der Waals surface area contributed by atoms with Crippen molar-refractivity contribution in [2.75, 3.05) is 0 Å². The first-order chi connectivity index (χ1) is 14.7. The second-order valence-electron chi connectivity index (χ2n) is 7.93. The average Bonchev–Trinajstić information content (AvgIpc) is 3.30. The molecule has 3 aromatic heterocycles. The van der Waals surface area contributed by atoms with Crippen LogP contribution in [0.2, 0.25) is 10.0 Å². The van der Waals surface area contributed by atoms with Crippen molar-refractivity contribution in [2.24, 2.45) is 20.0 Å². The molecule has 0 N–H and O–H groups in total. The lowest BCUT2D eigenvalue weighted by Crippen LogP contribution is -2.38. The van der Waals surface area contributed by atoms with Crippen LogP contribution in [0.5, 0.6) is 0 Å². The van der Waals surface area contributed by atoms with E-state index in [4.69, 9.17) is 28.3 Å². The number of benzene rings is 1. The van der Waals surface area contributed by atoms with Gasteiger partial charge in [0.05, 0.1) is 16.6 Å². The summed E-state index contributed by atoms with van der Waals surface area (Å²) in [7, 11) is 3.32. The summed E-state index contributed by atoms with van der Waals surface area (Å²) in [5, 5.41) is 5.90. The fourth-order valence-electron chi connectivity index (χ4n) is 3.66. The standard InChI is InChI=1S/C21H22Cl2N6O2/c1-12(2)10-28-18-15(20(30)27(4)21(28)31)17(19-24-8-9-26(19)3)29(25-18)11-13-6-5-7-14(22)16(13)23/h5-9,12H,10-11H2,1-4H3. The van der Waals surface area contributed by atoms with E-state index < -0.39 is 11.2 Å². The van der Waals surface area contributed by atoms with Crippen molar-refractivity contribution in [1.29, 1.82) is 0 Å². The first-order valence-electron chi connectivity index (χ1n) is 9.81. The minimum absolute atomic E-state index is 0.183. The Hall–Kier alpha value is -2.84. The van der Waals surface area contributed by atoms with Crippen LogP contribution in [-0.2, 0) is 27.2 Å². The molecule has 0 saturated carbocycles. The Morgan fingerprint density at radius 3 is 2.52 bits per heavy atom. The topological polar surface area (TPSA) is 79.6 Å². The normalized spacial score (nSPS) is 11.7. The summed E-state index contributed by atoms with van der Waals surface area (Å²) in [6.45, 7) is 4.70. The van der Waals surface area contributed by atoms with Crippen LogP contribution in [-0.4, -0.2) is 28.5 Å². The third-order valence-electron chi connectivity index (χ3n) is 5.16. The Morgan fingerprint density at radius 1 is 1.13 bits per heavy atom. The summed E-state index contributed by atoms with van der Waals surface area (Å²) in [6.07, 6.45) is 3.44. The first-order valence-corrected chi connectivity index (χ1v) is 10.6. The monoisotopic (exact) mass is 460 g/mol. The van der Waals surface area contributed by atoms with Crippen LogP contribution in [0.15, 0.2) is 40.2 Å². The minimum atomic E-state index is -0.415. The summed E-state index contributed by atoms with van der Waals surface area (Å²) < 4.78 is 6.14. The van der Waals surface area contributed by atoms with E-state index in [1.165, 1.54) is 7.05 Å². The number of aryl methyl sites for hydroxylation is 1. The molecule has 0 aliphatic heterocycles. The van der Waals surface area contributed by atoms with Crippen molar-refractivity contribution in [3.8, 4) is 11.5 Å². The SMILES string of the molecule is CC(C)Cn1c(=O)n(C)c(=O)c2c(-c3nccn3C)n(Cc3cccc(Cl)c3Cl)nc21. The van der Waals surface area contributed by atoms with Gasteiger partial charge < -0.3 is 4.57 Å². The van der Waals surface area contributed by atoms with Gasteiger partial charge in [0, 0.05) is 33.0 Å². The fourth-order valence-corrected chi connectivity index (χ4v) is 4.04. The van der Waals surface area contributed by atoms with Gasteiger partial charge in [-0.1, -0.05) is 49.2 Å². The number of fused-ring (bicyclic) bond motifs is 1. The Bertz CT molecular complexity index is 1410. The number of hydrogen-bond acceptors (Lipinski definition) is 4. The van der Waals surface area contributed by atoms with Crippen LogP contribution in [0.4, 0.5) is 0 Å². The van der Waals surface area contributed by atoms with Crippen molar-refractivity contribution >= 4 is 34.2 Å². The highest BCUT2D eigenvalue weighted by atomic mass is 35.5. The highest BCUT2D eigenvalue weighted by Gasteiger charge is 2.25. The maximum Gasteiger partial charge on any atom is 0.332 e. The third kappa shape index (κ3) is 3.59. The zero-order valence-corrected chi connectivity index (χ0v) is 19.1. The van der Waals surface area contributed by atoms with E-state index in [9.17, 15) is 9.59 Å². The lowest BCUT2D eigenvalue weighted by molar-refractivity contribution is 0.498. The maximum atomic E-state index is 13.2. The highest BCUT2D eigenvalue weighted by molar-refractivity contribution is 6.42. The van der Waals surface area contributed by atoms with Gasteiger partial charge in [-0.3, -0.25) is 18.6 Å². The molecule has 10 heteroatoms. The smallest absolute Gasteiger partial charge is 0.332 e. The van der Waals surface area contributed by atoms with E-state index in [1.54, 1.807) is 33.8 Å². The molecule has 3 heterocycles. The van der Waals surface area contributed by atoms with Gasteiger partial charge in [-0.05, 0) is 17.5 Å². The van der Waals surface area contributed by atoms with Gasteiger partial charge in [-0.15, -0.1) is 0 Å². The summed E-state index contributed by atoms with van der Waals surface area (Å²) in [4.78, 5) is 30.5. The molecule has 4 rings (SSSR count). The lowest BCUT2D eigenvalue weighted by atomic mass is 10.2. The van der Waals surface area contributed by atoms with Crippen LogP contribution in [0.3, 0.4) is 0 Å².